The second-order valence-corrected chi connectivity index (χ2v) is 3.97. The van der Waals surface area contributed by atoms with Crippen molar-refractivity contribution in [2.75, 3.05) is 26.1 Å². The average Bonchev–Trinajstić information content (AvgIpc) is 2.55. The number of ketones is 1. The molecule has 0 aromatic rings. The summed E-state index contributed by atoms with van der Waals surface area (Å²) < 4.78 is 66.2. The van der Waals surface area contributed by atoms with E-state index in [2.05, 4.69) is 0 Å². The second-order valence-electron chi connectivity index (χ2n) is 3.59. The van der Waals surface area contributed by atoms with Gasteiger partial charge in [-0.05, 0) is 6.42 Å². The van der Waals surface area contributed by atoms with Crippen LogP contribution in [0, 0.1) is 5.89 Å². The molecule has 1 aliphatic carbocycles. The molecule has 0 amide bonds. The van der Waals surface area contributed by atoms with Crippen LogP contribution in [-0.2, 0) is 14.3 Å². The van der Waals surface area contributed by atoms with E-state index in [0.717, 1.165) is 6.08 Å². The number of ether oxygens (including phenoxy) is 2. The topological polar surface area (TPSA) is 47.6 Å². The van der Waals surface area contributed by atoms with Gasteiger partial charge < -0.3 is 14.8 Å². The highest BCUT2D eigenvalue weighted by Gasteiger charge is 2.32. The molecular formula is C13H18ClNO3. The molecule has 1 aliphatic heterocycles. The van der Waals surface area contributed by atoms with Gasteiger partial charge in [-0.1, -0.05) is 0 Å². The number of Topliss-reactive ketones (excluding diaryl/α,β-unsaturated/α-hetero) is 1. The highest BCUT2D eigenvalue weighted by atomic mass is 35.5. The van der Waals surface area contributed by atoms with Crippen LogP contribution in [0.3, 0.4) is 0 Å². The van der Waals surface area contributed by atoms with Crippen molar-refractivity contribution in [3.63, 3.8) is 0 Å². The Balaban J connectivity index is 2.59. The number of fused-ring (bicyclic) bond motifs is 1. The number of allylic oxidation sites excluding steroid dienone is 3. The van der Waals surface area contributed by atoms with Crippen molar-refractivity contribution in [2.45, 2.75) is 19.2 Å². The molecule has 1 fully saturated rings. The Labute approximate surface area is 122 Å². The maximum Gasteiger partial charge on any atom is 0.160 e. The van der Waals surface area contributed by atoms with Crippen molar-refractivity contribution in [2.24, 2.45) is 5.89 Å². The van der Waals surface area contributed by atoms with Crippen LogP contribution in [0.25, 0.3) is 0 Å². The summed E-state index contributed by atoms with van der Waals surface area (Å²) in [5, 5.41) is 0.139. The van der Waals surface area contributed by atoms with Gasteiger partial charge in [0.2, 0.25) is 0 Å². The van der Waals surface area contributed by atoms with E-state index < -0.39 is 36.6 Å². The molecule has 0 radical (unpaired) electrons. The molecule has 2 unspecified atom stereocenters. The van der Waals surface area contributed by atoms with Crippen molar-refractivity contribution < 1.29 is 23.9 Å². The quantitative estimate of drug-likeness (QED) is 0.617. The number of alkyl halides is 1. The maximum absolute atomic E-state index is 12.6. The number of carbonyl (C=O) groups excluding carboxylic acids is 1. The molecule has 0 bridgehead atoms. The third kappa shape index (κ3) is 2.80. The van der Waals surface area contributed by atoms with Crippen LogP contribution in [0.4, 0.5) is 0 Å². The molecule has 2 rings (SSSR count). The van der Waals surface area contributed by atoms with Gasteiger partial charge in [0.05, 0.1) is 19.6 Å². The molecule has 4 nitrogen and oxygen atoms in total. The van der Waals surface area contributed by atoms with Crippen molar-refractivity contribution >= 4 is 17.4 Å². The first-order valence-electron chi connectivity index (χ1n) is 8.95. The summed E-state index contributed by atoms with van der Waals surface area (Å²) in [6, 6.07) is 0. The molecular weight excluding hydrogens is 254 g/mol. The van der Waals surface area contributed by atoms with Crippen LogP contribution in [0.2, 0.25) is 1.41 Å². The molecule has 1 N–H and O–H groups in total. The van der Waals surface area contributed by atoms with Gasteiger partial charge in [0.1, 0.15) is 11.5 Å². The Morgan fingerprint density at radius 3 is 3.33 bits per heavy atom. The average molecular weight is 279 g/mol. The molecule has 0 saturated carbocycles. The lowest BCUT2D eigenvalue weighted by Crippen LogP contribution is -2.37. The number of piperidine rings is 1. The van der Waals surface area contributed by atoms with Gasteiger partial charge in [-0.3, -0.25) is 4.79 Å². The molecule has 5 heteroatoms. The molecule has 18 heavy (non-hydrogen) atoms. The van der Waals surface area contributed by atoms with Gasteiger partial charge >= 0.3 is 0 Å². The predicted molar refractivity (Wildman–Crippen MR) is 69.1 cm³/mol. The van der Waals surface area contributed by atoms with Crippen molar-refractivity contribution in [3.05, 3.63) is 23.3 Å². The molecule has 0 spiro atoms. The van der Waals surface area contributed by atoms with Gasteiger partial charge in [0.15, 0.2) is 7.17 Å². The fourth-order valence-corrected chi connectivity index (χ4v) is 1.65. The van der Waals surface area contributed by atoms with E-state index in [1.807, 2.05) is 0 Å². The lowest BCUT2D eigenvalue weighted by molar-refractivity contribution is -0.123. The Morgan fingerprint density at radius 2 is 2.61 bits per heavy atom. The number of methoxy groups -OCH3 is 1. The van der Waals surface area contributed by atoms with Gasteiger partial charge in [-0.15, -0.1) is 11.6 Å². The molecule has 1 saturated heterocycles. The van der Waals surface area contributed by atoms with Crippen molar-refractivity contribution in [1.29, 1.82) is 0 Å². The number of rotatable bonds is 5. The van der Waals surface area contributed by atoms with Crippen LogP contribution in [0.5, 0.6) is 0 Å². The predicted octanol–water partition coefficient (Wildman–Crippen LogP) is 1.96. The monoisotopic (exact) mass is 278 g/mol. The van der Waals surface area contributed by atoms with E-state index in [0.29, 0.717) is 12.3 Å². The van der Waals surface area contributed by atoms with Crippen LogP contribution in [0.15, 0.2) is 23.3 Å². The summed E-state index contributed by atoms with van der Waals surface area (Å²) in [5.41, 5.74) is -0.473. The summed E-state index contributed by atoms with van der Waals surface area (Å²) in [4.78, 5) is 12.6. The van der Waals surface area contributed by atoms with Gasteiger partial charge in [-0.25, -0.2) is 0 Å². The fourth-order valence-electron chi connectivity index (χ4n) is 1.54. The highest BCUT2D eigenvalue weighted by Crippen LogP contribution is 2.32. The summed E-state index contributed by atoms with van der Waals surface area (Å²) in [6.07, 6.45) is -3.30. The van der Waals surface area contributed by atoms with Gasteiger partial charge in [-0.2, -0.15) is 0 Å². The fraction of sp³-hybridized carbons (Fsp3) is 0.615. The van der Waals surface area contributed by atoms with Crippen molar-refractivity contribution in [1.82, 2.24) is 5.31 Å². The van der Waals surface area contributed by atoms with Crippen LogP contribution >= 0.6 is 11.6 Å². The number of hydrogen-bond donors (Lipinski definition) is 1. The molecule has 0 aromatic heterocycles. The molecule has 1 heterocycles. The number of halogens is 1. The zero-order valence-electron chi connectivity index (χ0n) is 16.8. The normalized spacial score (nSPS) is 43.1. The van der Waals surface area contributed by atoms with E-state index in [-0.39, 0.29) is 23.4 Å². The van der Waals surface area contributed by atoms with E-state index in [4.69, 9.17) is 30.7 Å². The Bertz CT molecular complexity index is 639. The standard InChI is InChI=1S/C13H18ClNO3/c1-17-12-7-9-10(15-5-3-11(9)16)8-13(12)18-6-2-4-14/h8-9,15H,2-7H2,1H3/i3D2,5D2,7D,9D/hD. The van der Waals surface area contributed by atoms with E-state index >= 15 is 0 Å². The molecule has 0 aromatic carbocycles. The van der Waals surface area contributed by atoms with E-state index in [1.165, 1.54) is 7.11 Å². The number of hydrogen-bond acceptors (Lipinski definition) is 4. The first-order valence-corrected chi connectivity index (χ1v) is 5.96. The molecule has 2 atom stereocenters. The summed E-state index contributed by atoms with van der Waals surface area (Å²) in [6.45, 7) is -2.85. The summed E-state index contributed by atoms with van der Waals surface area (Å²) in [7, 11) is 1.23. The Hall–Kier alpha value is -1.16. The highest BCUT2D eigenvalue weighted by molar-refractivity contribution is 6.17. The molecule has 2 aliphatic rings. The zero-order valence-corrected chi connectivity index (χ0v) is 10.6. The third-order valence-electron chi connectivity index (χ3n) is 2.41. The van der Waals surface area contributed by atoms with Crippen LogP contribution in [0.1, 0.15) is 27.4 Å². The van der Waals surface area contributed by atoms with Crippen LogP contribution in [-0.4, -0.2) is 31.9 Å². The minimum atomic E-state index is -3.15. The molecule has 100 valence electrons. The third-order valence-corrected chi connectivity index (χ3v) is 2.68. The van der Waals surface area contributed by atoms with E-state index in [9.17, 15) is 4.79 Å². The largest absolute Gasteiger partial charge is 0.497 e. The minimum absolute atomic E-state index is 0.00574. The maximum atomic E-state index is 12.6. The number of nitrogens with one attached hydrogen (secondary N) is 1. The lowest BCUT2D eigenvalue weighted by Gasteiger charge is -2.30. The summed E-state index contributed by atoms with van der Waals surface area (Å²) in [5.74, 6) is -3.80. The SMILES string of the molecule is [2H]C1C(OC)=C(OCCCCl)C=C2N([2H])C([2H])([2H])C([2H])([2H])C(=O)C21[2H]. The first kappa shape index (κ1) is 6.85. The zero-order chi connectivity index (χ0) is 19.2. The lowest BCUT2D eigenvalue weighted by atomic mass is 9.86. The van der Waals surface area contributed by atoms with Gasteiger partial charge in [0, 0.05) is 45.1 Å². The second kappa shape index (κ2) is 6.14. The Kier molecular flexibility index (Phi) is 2.34. The van der Waals surface area contributed by atoms with Crippen molar-refractivity contribution in [3.8, 4) is 0 Å². The number of carbonyl (C=O) groups is 1. The van der Waals surface area contributed by atoms with Gasteiger partial charge in [0.25, 0.3) is 0 Å². The smallest absolute Gasteiger partial charge is 0.160 e. The first-order chi connectivity index (χ1) is 11.5. The van der Waals surface area contributed by atoms with E-state index in [1.54, 1.807) is 0 Å². The Morgan fingerprint density at radius 1 is 1.78 bits per heavy atom. The summed E-state index contributed by atoms with van der Waals surface area (Å²) >= 11 is 5.58. The van der Waals surface area contributed by atoms with Crippen LogP contribution < -0.4 is 5.31 Å². The minimum Gasteiger partial charge on any atom is -0.497 e.